The zero-order valence-electron chi connectivity index (χ0n) is 23.0. The summed E-state index contributed by atoms with van der Waals surface area (Å²) in [5.74, 6) is -0.0692. The van der Waals surface area contributed by atoms with E-state index in [1.54, 1.807) is 6.07 Å². The van der Waals surface area contributed by atoms with Crippen molar-refractivity contribution < 1.29 is 13.4 Å². The average molecular weight is 563 g/mol. The highest BCUT2D eigenvalue weighted by molar-refractivity contribution is 7.84. The van der Waals surface area contributed by atoms with Crippen LogP contribution in [0.25, 0.3) is 0 Å². The van der Waals surface area contributed by atoms with E-state index in [0.717, 1.165) is 17.7 Å². The Balaban J connectivity index is 1.49. The molecule has 3 unspecified atom stereocenters. The van der Waals surface area contributed by atoms with Crippen LogP contribution < -0.4 is 14.9 Å². The van der Waals surface area contributed by atoms with Crippen LogP contribution >= 0.6 is 11.6 Å². The third-order valence-corrected chi connectivity index (χ3v) is 9.38. The number of para-hydroxylation sites is 1. The molecule has 0 spiro atoms. The van der Waals surface area contributed by atoms with Crippen molar-refractivity contribution in [3.8, 4) is 0 Å². The number of hydrogen-bond donors (Lipinski definition) is 2. The van der Waals surface area contributed by atoms with Crippen LogP contribution in [0.15, 0.2) is 42.5 Å². The quantitative estimate of drug-likeness (QED) is 0.505. The minimum Gasteiger partial charge on any atom is -0.365 e. The van der Waals surface area contributed by atoms with E-state index in [4.69, 9.17) is 11.6 Å². The molecule has 2 fully saturated rings. The number of anilines is 1. The lowest BCUT2D eigenvalue weighted by molar-refractivity contribution is -0.135. The number of amides is 1. The van der Waals surface area contributed by atoms with Gasteiger partial charge in [0.25, 0.3) is 0 Å². The van der Waals surface area contributed by atoms with E-state index in [0.29, 0.717) is 43.4 Å². The summed E-state index contributed by atoms with van der Waals surface area (Å²) in [5, 5.41) is 4.07. The number of nitrogens with zero attached hydrogens (tertiary/aromatic N) is 2. The third kappa shape index (κ3) is 6.41. The van der Waals surface area contributed by atoms with E-state index in [1.165, 1.54) is 6.07 Å². The van der Waals surface area contributed by atoms with Crippen LogP contribution in [0, 0.1) is 17.7 Å². The van der Waals surface area contributed by atoms with Crippen LogP contribution in [0.3, 0.4) is 0 Å². The number of carbonyl (C=O) groups is 1. The first-order valence-electron chi connectivity index (χ1n) is 13.4. The minimum absolute atomic E-state index is 0.101. The molecule has 0 aromatic heterocycles. The molecule has 0 saturated carbocycles. The molecule has 0 aliphatic carbocycles. The fraction of sp³-hybridized carbons (Fsp3) is 0.552. The lowest BCUT2D eigenvalue weighted by atomic mass is 9.88. The Hall–Kier alpha value is -2.00. The van der Waals surface area contributed by atoms with Gasteiger partial charge < -0.3 is 15.1 Å². The molecule has 4 atom stereocenters. The second-order valence-electron chi connectivity index (χ2n) is 11.6. The fourth-order valence-corrected chi connectivity index (χ4v) is 6.46. The monoisotopic (exact) mass is 562 g/mol. The molecule has 4 rings (SSSR count). The molecule has 0 bridgehead atoms. The Labute approximate surface area is 233 Å². The molecule has 2 heterocycles. The summed E-state index contributed by atoms with van der Waals surface area (Å²) in [5.41, 5.74) is 2.46. The van der Waals surface area contributed by atoms with Crippen molar-refractivity contribution in [3.05, 3.63) is 64.4 Å². The van der Waals surface area contributed by atoms with Crippen molar-refractivity contribution in [2.45, 2.75) is 51.3 Å². The summed E-state index contributed by atoms with van der Waals surface area (Å²) in [6.45, 7) is 13.4. The number of halogens is 2. The van der Waals surface area contributed by atoms with E-state index in [9.17, 15) is 9.00 Å². The topological polar surface area (TPSA) is 64.7 Å². The van der Waals surface area contributed by atoms with E-state index in [-0.39, 0.29) is 35.5 Å². The summed E-state index contributed by atoms with van der Waals surface area (Å²) in [4.78, 5) is 17.5. The molecule has 38 heavy (non-hydrogen) atoms. The van der Waals surface area contributed by atoms with Gasteiger partial charge in [-0.1, -0.05) is 49.7 Å². The van der Waals surface area contributed by atoms with Gasteiger partial charge in [-0.15, -0.1) is 0 Å². The predicted molar refractivity (Wildman–Crippen MR) is 154 cm³/mol. The molecule has 1 amide bonds. The fourth-order valence-electron chi connectivity index (χ4n) is 5.35. The zero-order chi connectivity index (χ0) is 27.6. The zero-order valence-corrected chi connectivity index (χ0v) is 24.5. The van der Waals surface area contributed by atoms with Gasteiger partial charge in [0.05, 0.1) is 27.3 Å². The summed E-state index contributed by atoms with van der Waals surface area (Å²) in [6.07, 6.45) is 0. The molecule has 2 saturated heterocycles. The third-order valence-electron chi connectivity index (χ3n) is 7.55. The predicted octanol–water partition coefficient (Wildman–Crippen LogP) is 4.88. The average Bonchev–Trinajstić information content (AvgIpc) is 3.36. The highest BCUT2D eigenvalue weighted by Gasteiger charge is 2.38. The van der Waals surface area contributed by atoms with Crippen molar-refractivity contribution in [2.24, 2.45) is 11.8 Å². The molecule has 208 valence electrons. The first kappa shape index (κ1) is 29.0. The van der Waals surface area contributed by atoms with Gasteiger partial charge >= 0.3 is 0 Å². The maximum atomic E-state index is 15.4. The molecule has 2 N–H and O–H groups in total. The van der Waals surface area contributed by atoms with Crippen molar-refractivity contribution in [1.29, 1.82) is 0 Å². The van der Waals surface area contributed by atoms with Crippen molar-refractivity contribution in [2.75, 3.05) is 44.2 Å². The molecular formula is C29H40ClFN4O2S. The van der Waals surface area contributed by atoms with E-state index >= 15 is 4.39 Å². The number of piperazine rings is 1. The maximum Gasteiger partial charge on any atom is 0.227 e. The number of benzene rings is 2. The molecule has 9 heteroatoms. The molecule has 2 aromatic rings. The van der Waals surface area contributed by atoms with Gasteiger partial charge in [-0.3, -0.25) is 4.79 Å². The smallest absolute Gasteiger partial charge is 0.227 e. The Morgan fingerprint density at radius 1 is 1.08 bits per heavy atom. The van der Waals surface area contributed by atoms with Gasteiger partial charge in [0.2, 0.25) is 5.91 Å². The van der Waals surface area contributed by atoms with Gasteiger partial charge in [-0.25, -0.2) is 13.3 Å². The molecule has 2 aromatic carbocycles. The minimum atomic E-state index is -1.30. The SMILES string of the molecule is CC(C)[C@H](NS(=O)C(C)(C)C)c1cccc(F)c1N1CCN(C(=O)C2CNCC2c2ccc(Cl)cc2)CC1. The van der Waals surface area contributed by atoms with Gasteiger partial charge in [0.1, 0.15) is 5.82 Å². The first-order chi connectivity index (χ1) is 18.0. The molecule has 2 aliphatic rings. The van der Waals surface area contributed by atoms with E-state index < -0.39 is 15.7 Å². The van der Waals surface area contributed by atoms with Crippen LogP contribution in [-0.4, -0.2) is 59.0 Å². The summed E-state index contributed by atoms with van der Waals surface area (Å²) in [6, 6.07) is 12.6. The molecule has 6 nitrogen and oxygen atoms in total. The van der Waals surface area contributed by atoms with E-state index in [2.05, 4.69) is 23.9 Å². The Morgan fingerprint density at radius 2 is 1.74 bits per heavy atom. The van der Waals surface area contributed by atoms with Crippen LogP contribution in [0.2, 0.25) is 5.02 Å². The van der Waals surface area contributed by atoms with Crippen molar-refractivity contribution in [3.63, 3.8) is 0 Å². The Kier molecular flexibility index (Phi) is 9.18. The largest absolute Gasteiger partial charge is 0.365 e. The Bertz CT molecular complexity index is 1150. The highest BCUT2D eigenvalue weighted by Crippen LogP contribution is 2.36. The number of nitrogens with one attached hydrogen (secondary N) is 2. The van der Waals surface area contributed by atoms with Gasteiger partial charge in [0, 0.05) is 56.3 Å². The normalized spacial score (nSPS) is 22.1. The first-order valence-corrected chi connectivity index (χ1v) is 15.0. The van der Waals surface area contributed by atoms with Crippen molar-refractivity contribution >= 4 is 34.2 Å². The summed E-state index contributed by atoms with van der Waals surface area (Å²) < 4.78 is 31.1. The van der Waals surface area contributed by atoms with Crippen LogP contribution in [0.4, 0.5) is 10.1 Å². The number of hydrogen-bond acceptors (Lipinski definition) is 4. The number of carbonyl (C=O) groups excluding carboxylic acids is 1. The second-order valence-corrected chi connectivity index (χ2v) is 14.1. The lowest BCUT2D eigenvalue weighted by Crippen LogP contribution is -2.51. The number of rotatable bonds is 7. The summed E-state index contributed by atoms with van der Waals surface area (Å²) >= 11 is 6.07. The standard InChI is InChI=1S/C29H40ClFN4O2S/c1-19(2)26(33-38(37)29(3,4)5)22-7-6-8-25(31)27(22)34-13-15-35(16-14-34)28(36)24-18-32-17-23(24)20-9-11-21(30)12-10-20/h6-12,19,23-24,26,32-33H,13-18H2,1-5H3/t23?,24?,26-,38?/m0/s1. The van der Waals surface area contributed by atoms with Gasteiger partial charge in [-0.05, 0) is 56.0 Å². The lowest BCUT2D eigenvalue weighted by Gasteiger charge is -2.39. The molecule has 2 aliphatic heterocycles. The maximum absolute atomic E-state index is 15.4. The van der Waals surface area contributed by atoms with Crippen molar-refractivity contribution in [1.82, 2.24) is 14.9 Å². The second kappa shape index (κ2) is 12.0. The molecule has 0 radical (unpaired) electrons. The van der Waals surface area contributed by atoms with Crippen LogP contribution in [0.1, 0.15) is 57.7 Å². The Morgan fingerprint density at radius 3 is 2.34 bits per heavy atom. The summed E-state index contributed by atoms with van der Waals surface area (Å²) in [7, 11) is -1.30. The highest BCUT2D eigenvalue weighted by atomic mass is 35.5. The van der Waals surface area contributed by atoms with Crippen LogP contribution in [0.5, 0.6) is 0 Å². The molecular weight excluding hydrogens is 523 g/mol. The van der Waals surface area contributed by atoms with Gasteiger partial charge in [0.15, 0.2) is 0 Å². The van der Waals surface area contributed by atoms with E-state index in [1.807, 2.05) is 60.9 Å². The van der Waals surface area contributed by atoms with Gasteiger partial charge in [-0.2, -0.15) is 0 Å². The van der Waals surface area contributed by atoms with Crippen LogP contribution in [-0.2, 0) is 15.8 Å².